The smallest absolute Gasteiger partial charge is 0.123 e. The van der Waals surface area contributed by atoms with Crippen molar-refractivity contribution in [2.45, 2.75) is 32.9 Å². The Bertz CT molecular complexity index is 668. The molecule has 1 aliphatic rings. The van der Waals surface area contributed by atoms with Gasteiger partial charge in [-0.1, -0.05) is 48.9 Å². The monoisotopic (exact) mass is 311 g/mol. The molecule has 3 nitrogen and oxygen atoms in total. The summed E-state index contributed by atoms with van der Waals surface area (Å²) < 4.78 is 5.63. The van der Waals surface area contributed by atoms with Crippen LogP contribution in [0.5, 0.6) is 5.75 Å². The number of ether oxygens (including phenoxy) is 1. The highest BCUT2D eigenvalue weighted by Gasteiger charge is 2.28. The van der Waals surface area contributed by atoms with Gasteiger partial charge in [-0.25, -0.2) is 0 Å². The molecule has 0 saturated heterocycles. The third kappa shape index (κ3) is 3.57. The van der Waals surface area contributed by atoms with Crippen molar-refractivity contribution < 1.29 is 9.84 Å². The lowest BCUT2D eigenvalue weighted by Gasteiger charge is -2.20. The van der Waals surface area contributed by atoms with Crippen molar-refractivity contribution in [3.8, 4) is 5.75 Å². The van der Waals surface area contributed by atoms with Crippen LogP contribution in [0, 0.1) is 12.8 Å². The van der Waals surface area contributed by atoms with Gasteiger partial charge >= 0.3 is 0 Å². The molecule has 3 rings (SSSR count). The van der Waals surface area contributed by atoms with Gasteiger partial charge in [0.15, 0.2) is 0 Å². The first-order valence-electron chi connectivity index (χ1n) is 8.33. The lowest BCUT2D eigenvalue weighted by molar-refractivity contribution is 0.200. The fraction of sp³-hybridized carbons (Fsp3) is 0.400. The van der Waals surface area contributed by atoms with Crippen LogP contribution in [-0.4, -0.2) is 18.3 Å². The van der Waals surface area contributed by atoms with Gasteiger partial charge in [0.25, 0.3) is 0 Å². The summed E-state index contributed by atoms with van der Waals surface area (Å²) in [7, 11) is 0. The molecule has 2 N–H and O–H groups in total. The SMILES string of the molecule is Cc1ccc2c(c1)C(NCc1ccccc1OCCO)C(C)C2. The van der Waals surface area contributed by atoms with E-state index < -0.39 is 0 Å². The molecular formula is C20H25NO2. The molecule has 122 valence electrons. The van der Waals surface area contributed by atoms with E-state index >= 15 is 0 Å². The second-order valence-electron chi connectivity index (χ2n) is 6.42. The van der Waals surface area contributed by atoms with Crippen LogP contribution in [0.2, 0.25) is 0 Å². The van der Waals surface area contributed by atoms with E-state index in [1.54, 1.807) is 0 Å². The normalized spacial score (nSPS) is 19.6. The van der Waals surface area contributed by atoms with E-state index in [4.69, 9.17) is 9.84 Å². The van der Waals surface area contributed by atoms with Crippen LogP contribution < -0.4 is 10.1 Å². The maximum Gasteiger partial charge on any atom is 0.123 e. The third-order valence-corrected chi connectivity index (χ3v) is 4.58. The largest absolute Gasteiger partial charge is 0.491 e. The second kappa shape index (κ2) is 7.16. The number of aliphatic hydroxyl groups excluding tert-OH is 1. The second-order valence-corrected chi connectivity index (χ2v) is 6.42. The van der Waals surface area contributed by atoms with Gasteiger partial charge in [0.05, 0.1) is 6.61 Å². The van der Waals surface area contributed by atoms with Crippen LogP contribution in [-0.2, 0) is 13.0 Å². The summed E-state index contributed by atoms with van der Waals surface area (Å²) in [6.07, 6.45) is 1.13. The molecule has 0 heterocycles. The minimum atomic E-state index is 0.0358. The topological polar surface area (TPSA) is 41.5 Å². The zero-order valence-electron chi connectivity index (χ0n) is 13.9. The van der Waals surface area contributed by atoms with Crippen LogP contribution >= 0.6 is 0 Å². The molecule has 0 aliphatic heterocycles. The van der Waals surface area contributed by atoms with Gasteiger partial charge in [0.1, 0.15) is 12.4 Å². The van der Waals surface area contributed by atoms with E-state index in [1.807, 2.05) is 18.2 Å². The van der Waals surface area contributed by atoms with Gasteiger partial charge in [-0.2, -0.15) is 0 Å². The number of rotatable bonds is 6. The lowest BCUT2D eigenvalue weighted by atomic mass is 10.0. The van der Waals surface area contributed by atoms with Crippen LogP contribution in [0.4, 0.5) is 0 Å². The number of aliphatic hydroxyl groups is 1. The van der Waals surface area contributed by atoms with E-state index in [2.05, 4.69) is 43.4 Å². The van der Waals surface area contributed by atoms with Crippen molar-refractivity contribution in [2.75, 3.05) is 13.2 Å². The molecule has 0 aromatic heterocycles. The summed E-state index contributed by atoms with van der Waals surface area (Å²) in [4.78, 5) is 0. The Morgan fingerprint density at radius 2 is 2.04 bits per heavy atom. The van der Waals surface area contributed by atoms with Crippen LogP contribution in [0.3, 0.4) is 0 Å². The van der Waals surface area contributed by atoms with E-state index in [9.17, 15) is 0 Å². The Kier molecular flexibility index (Phi) is 4.99. The van der Waals surface area contributed by atoms with Crippen molar-refractivity contribution in [1.82, 2.24) is 5.32 Å². The summed E-state index contributed by atoms with van der Waals surface area (Å²) in [5, 5.41) is 12.7. The number of fused-ring (bicyclic) bond motifs is 1. The average Bonchev–Trinajstić information content (AvgIpc) is 2.86. The average molecular weight is 311 g/mol. The number of nitrogens with one attached hydrogen (secondary N) is 1. The highest BCUT2D eigenvalue weighted by molar-refractivity contribution is 5.39. The summed E-state index contributed by atoms with van der Waals surface area (Å²) in [6, 6.07) is 15.2. The van der Waals surface area contributed by atoms with Gasteiger partial charge in [0, 0.05) is 18.2 Å². The molecule has 0 saturated carbocycles. The minimum absolute atomic E-state index is 0.0358. The van der Waals surface area contributed by atoms with Gasteiger partial charge in [0.2, 0.25) is 0 Å². The Labute approximate surface area is 138 Å². The summed E-state index contributed by atoms with van der Waals surface area (Å²) in [5.41, 5.74) is 5.35. The molecule has 0 radical (unpaired) electrons. The highest BCUT2D eigenvalue weighted by Crippen LogP contribution is 2.36. The Hall–Kier alpha value is -1.84. The number of aryl methyl sites for hydroxylation is 1. The zero-order valence-corrected chi connectivity index (χ0v) is 13.9. The fourth-order valence-electron chi connectivity index (χ4n) is 3.44. The highest BCUT2D eigenvalue weighted by atomic mass is 16.5. The van der Waals surface area contributed by atoms with Crippen molar-refractivity contribution in [3.63, 3.8) is 0 Å². The molecular weight excluding hydrogens is 286 g/mol. The molecule has 0 spiro atoms. The number of hydrogen-bond donors (Lipinski definition) is 2. The van der Waals surface area contributed by atoms with Gasteiger partial charge in [-0.15, -0.1) is 0 Å². The molecule has 2 atom stereocenters. The predicted molar refractivity (Wildman–Crippen MR) is 92.7 cm³/mol. The molecule has 3 heteroatoms. The number of para-hydroxylation sites is 1. The fourth-order valence-corrected chi connectivity index (χ4v) is 3.44. The van der Waals surface area contributed by atoms with Gasteiger partial charge in [-0.05, 0) is 36.5 Å². The predicted octanol–water partition coefficient (Wildman–Crippen LogP) is 3.39. The molecule has 1 aliphatic carbocycles. The van der Waals surface area contributed by atoms with Gasteiger partial charge in [-0.3, -0.25) is 0 Å². The molecule has 0 fully saturated rings. The summed E-state index contributed by atoms with van der Waals surface area (Å²) >= 11 is 0. The zero-order chi connectivity index (χ0) is 16.2. The van der Waals surface area contributed by atoms with E-state index in [0.29, 0.717) is 18.6 Å². The Morgan fingerprint density at radius 1 is 1.22 bits per heavy atom. The molecule has 0 bridgehead atoms. The van der Waals surface area contributed by atoms with E-state index in [1.165, 1.54) is 16.7 Å². The van der Waals surface area contributed by atoms with E-state index in [-0.39, 0.29) is 6.61 Å². The van der Waals surface area contributed by atoms with E-state index in [0.717, 1.165) is 24.3 Å². The first-order chi connectivity index (χ1) is 11.2. The first kappa shape index (κ1) is 16.0. The van der Waals surface area contributed by atoms with Crippen molar-refractivity contribution in [1.29, 1.82) is 0 Å². The van der Waals surface area contributed by atoms with Crippen LogP contribution in [0.25, 0.3) is 0 Å². The number of hydrogen-bond acceptors (Lipinski definition) is 3. The molecule has 0 amide bonds. The Morgan fingerprint density at radius 3 is 2.87 bits per heavy atom. The van der Waals surface area contributed by atoms with Crippen molar-refractivity contribution in [2.24, 2.45) is 5.92 Å². The Balaban J connectivity index is 1.73. The minimum Gasteiger partial charge on any atom is -0.491 e. The summed E-state index contributed by atoms with van der Waals surface area (Å²) in [6.45, 7) is 5.59. The molecule has 2 aromatic rings. The first-order valence-corrected chi connectivity index (χ1v) is 8.33. The molecule has 2 unspecified atom stereocenters. The van der Waals surface area contributed by atoms with Crippen molar-refractivity contribution in [3.05, 3.63) is 64.7 Å². The van der Waals surface area contributed by atoms with Crippen molar-refractivity contribution >= 4 is 0 Å². The van der Waals surface area contributed by atoms with Gasteiger partial charge < -0.3 is 15.2 Å². The summed E-state index contributed by atoms with van der Waals surface area (Å²) in [5.74, 6) is 1.45. The number of benzene rings is 2. The standard InChI is InChI=1S/C20H25NO2/c1-14-7-8-16-12-15(2)20(18(16)11-14)21-13-17-5-3-4-6-19(17)23-10-9-22/h3-8,11,15,20-22H,9-10,12-13H2,1-2H3. The maximum atomic E-state index is 8.95. The molecule has 23 heavy (non-hydrogen) atoms. The maximum absolute atomic E-state index is 8.95. The lowest BCUT2D eigenvalue weighted by Crippen LogP contribution is -2.24. The third-order valence-electron chi connectivity index (χ3n) is 4.58. The quantitative estimate of drug-likeness (QED) is 0.859. The molecule has 2 aromatic carbocycles. The van der Waals surface area contributed by atoms with Crippen LogP contribution in [0.1, 0.15) is 35.2 Å². The van der Waals surface area contributed by atoms with Crippen LogP contribution in [0.15, 0.2) is 42.5 Å².